The summed E-state index contributed by atoms with van der Waals surface area (Å²) in [5, 5.41) is 2.79. The molecule has 106 valence electrons. The number of hydrogen-bond acceptors (Lipinski definition) is 5. The third kappa shape index (κ3) is 2.14. The highest BCUT2D eigenvalue weighted by Crippen LogP contribution is 2.37. The zero-order valence-electron chi connectivity index (χ0n) is 11.0. The summed E-state index contributed by atoms with van der Waals surface area (Å²) in [6.07, 6.45) is 3.05. The van der Waals surface area contributed by atoms with Crippen molar-refractivity contribution in [2.24, 2.45) is 0 Å². The Balaban J connectivity index is 1.63. The molecule has 2 aliphatic heterocycles. The Kier molecular flexibility index (Phi) is 2.67. The number of carbonyl (C=O) groups excluding carboxylic acids is 1. The lowest BCUT2D eigenvalue weighted by Crippen LogP contribution is -2.26. The van der Waals surface area contributed by atoms with Crippen LogP contribution in [0.4, 0.5) is 5.69 Å². The second-order valence-corrected chi connectivity index (χ2v) is 4.83. The maximum absolute atomic E-state index is 11.4. The molecule has 1 aromatic carbocycles. The van der Waals surface area contributed by atoms with E-state index >= 15 is 0 Å². The Hall–Kier alpha value is -2.76. The monoisotopic (exact) mass is 284 g/mol. The number of pyridine rings is 1. The number of anilines is 1. The number of hydrogen-bond donors (Lipinski definition) is 1. The zero-order valence-corrected chi connectivity index (χ0v) is 11.0. The lowest BCUT2D eigenvalue weighted by Gasteiger charge is -2.27. The van der Waals surface area contributed by atoms with Gasteiger partial charge in [-0.05, 0) is 17.7 Å². The second kappa shape index (κ2) is 4.66. The molecule has 2 aliphatic rings. The van der Waals surface area contributed by atoms with Gasteiger partial charge in [0.15, 0.2) is 24.2 Å². The van der Waals surface area contributed by atoms with Crippen molar-refractivity contribution in [3.05, 3.63) is 42.2 Å². The summed E-state index contributed by atoms with van der Waals surface area (Å²) in [6, 6.07) is 7.35. The lowest BCUT2D eigenvalue weighted by molar-refractivity contribution is -0.118. The van der Waals surface area contributed by atoms with Gasteiger partial charge in [0, 0.05) is 12.3 Å². The summed E-state index contributed by atoms with van der Waals surface area (Å²) in [5.74, 6) is 1.81. The Morgan fingerprint density at radius 2 is 2.10 bits per heavy atom. The first-order valence-electron chi connectivity index (χ1n) is 6.60. The van der Waals surface area contributed by atoms with Gasteiger partial charge in [0.1, 0.15) is 12.4 Å². The fraction of sp³-hybridized carbons (Fsp3) is 0.200. The zero-order chi connectivity index (χ0) is 14.2. The summed E-state index contributed by atoms with van der Waals surface area (Å²) in [6.45, 7) is 0.457. The third-order valence-corrected chi connectivity index (χ3v) is 3.41. The molecule has 6 heteroatoms. The Bertz CT molecular complexity index is 717. The van der Waals surface area contributed by atoms with Crippen molar-refractivity contribution < 1.29 is 19.0 Å². The molecular formula is C15H12N2O4. The van der Waals surface area contributed by atoms with Crippen LogP contribution in [0, 0.1) is 0 Å². The van der Waals surface area contributed by atoms with E-state index in [9.17, 15) is 4.79 Å². The van der Waals surface area contributed by atoms with Gasteiger partial charge < -0.3 is 19.5 Å². The summed E-state index contributed by atoms with van der Waals surface area (Å²) >= 11 is 0. The Morgan fingerprint density at radius 1 is 1.14 bits per heavy atom. The van der Waals surface area contributed by atoms with Gasteiger partial charge >= 0.3 is 0 Å². The van der Waals surface area contributed by atoms with Crippen LogP contribution in [0.1, 0.15) is 11.7 Å². The maximum Gasteiger partial charge on any atom is 0.262 e. The first-order chi connectivity index (χ1) is 10.3. The standard InChI is InChI=1S/C15H12N2O4/c18-15-8-20-11-2-1-9(5-10(11)17-15)14-7-19-12-3-4-16-6-13(12)21-14/h1-6,14H,7-8H2,(H,17,18). The van der Waals surface area contributed by atoms with Gasteiger partial charge in [-0.15, -0.1) is 0 Å². The lowest BCUT2D eigenvalue weighted by atomic mass is 10.1. The van der Waals surface area contributed by atoms with E-state index in [-0.39, 0.29) is 18.6 Å². The van der Waals surface area contributed by atoms with Gasteiger partial charge in [-0.3, -0.25) is 9.78 Å². The number of rotatable bonds is 1. The molecule has 4 rings (SSSR count). The van der Waals surface area contributed by atoms with E-state index in [2.05, 4.69) is 10.3 Å². The maximum atomic E-state index is 11.4. The topological polar surface area (TPSA) is 69.7 Å². The van der Waals surface area contributed by atoms with E-state index < -0.39 is 0 Å². The summed E-state index contributed by atoms with van der Waals surface area (Å²) in [5.41, 5.74) is 1.57. The first kappa shape index (κ1) is 12.0. The normalized spacial score (nSPS) is 19.2. The average molecular weight is 284 g/mol. The highest BCUT2D eigenvalue weighted by atomic mass is 16.6. The van der Waals surface area contributed by atoms with Crippen molar-refractivity contribution in [1.82, 2.24) is 4.98 Å². The molecule has 1 unspecified atom stereocenters. The highest BCUT2D eigenvalue weighted by Gasteiger charge is 2.24. The summed E-state index contributed by atoms with van der Waals surface area (Å²) in [4.78, 5) is 15.4. The van der Waals surface area contributed by atoms with Crippen molar-refractivity contribution in [2.75, 3.05) is 18.5 Å². The molecule has 21 heavy (non-hydrogen) atoms. The van der Waals surface area contributed by atoms with Crippen molar-refractivity contribution in [3.63, 3.8) is 0 Å². The fourth-order valence-corrected chi connectivity index (χ4v) is 2.39. The smallest absolute Gasteiger partial charge is 0.262 e. The molecule has 1 N–H and O–H groups in total. The van der Waals surface area contributed by atoms with Gasteiger partial charge in [-0.1, -0.05) is 6.07 Å². The molecule has 0 saturated heterocycles. The van der Waals surface area contributed by atoms with Crippen LogP contribution in [-0.4, -0.2) is 24.1 Å². The van der Waals surface area contributed by atoms with Crippen LogP contribution in [0.3, 0.4) is 0 Å². The second-order valence-electron chi connectivity index (χ2n) is 4.83. The minimum absolute atomic E-state index is 0.0500. The summed E-state index contributed by atoms with van der Waals surface area (Å²) in [7, 11) is 0. The van der Waals surface area contributed by atoms with Crippen LogP contribution >= 0.6 is 0 Å². The SMILES string of the molecule is O=C1COc2ccc(C3COc4ccncc4O3)cc2N1. The van der Waals surface area contributed by atoms with Crippen molar-refractivity contribution in [3.8, 4) is 17.2 Å². The third-order valence-electron chi connectivity index (χ3n) is 3.41. The largest absolute Gasteiger partial charge is 0.485 e. The van der Waals surface area contributed by atoms with E-state index in [1.807, 2.05) is 18.2 Å². The van der Waals surface area contributed by atoms with Crippen LogP contribution in [-0.2, 0) is 4.79 Å². The molecule has 0 bridgehead atoms. The highest BCUT2D eigenvalue weighted by molar-refractivity contribution is 5.95. The molecule has 0 aliphatic carbocycles. The van der Waals surface area contributed by atoms with E-state index in [1.165, 1.54) is 0 Å². The van der Waals surface area contributed by atoms with E-state index in [1.54, 1.807) is 18.5 Å². The van der Waals surface area contributed by atoms with E-state index in [0.717, 1.165) is 5.56 Å². The predicted molar refractivity (Wildman–Crippen MR) is 73.7 cm³/mol. The van der Waals surface area contributed by atoms with Crippen molar-refractivity contribution in [1.29, 1.82) is 0 Å². The fourth-order valence-electron chi connectivity index (χ4n) is 2.39. The quantitative estimate of drug-likeness (QED) is 0.866. The number of ether oxygens (including phenoxy) is 3. The Morgan fingerprint density at radius 3 is 3.05 bits per heavy atom. The van der Waals surface area contributed by atoms with Gasteiger partial charge in [0.05, 0.1) is 11.9 Å². The number of nitrogens with one attached hydrogen (secondary N) is 1. The summed E-state index contributed by atoms with van der Waals surface area (Å²) < 4.78 is 16.9. The number of carbonyl (C=O) groups is 1. The molecule has 0 fully saturated rings. The number of fused-ring (bicyclic) bond motifs is 2. The molecule has 0 radical (unpaired) electrons. The number of amides is 1. The van der Waals surface area contributed by atoms with E-state index in [0.29, 0.717) is 29.5 Å². The molecule has 3 heterocycles. The van der Waals surface area contributed by atoms with Crippen molar-refractivity contribution >= 4 is 11.6 Å². The molecule has 1 atom stereocenters. The van der Waals surface area contributed by atoms with Gasteiger partial charge in [-0.25, -0.2) is 0 Å². The molecule has 2 aromatic rings. The van der Waals surface area contributed by atoms with Crippen LogP contribution in [0.25, 0.3) is 0 Å². The van der Waals surface area contributed by atoms with Gasteiger partial charge in [0.2, 0.25) is 0 Å². The molecule has 6 nitrogen and oxygen atoms in total. The molecule has 1 amide bonds. The van der Waals surface area contributed by atoms with Gasteiger partial charge in [-0.2, -0.15) is 0 Å². The van der Waals surface area contributed by atoms with Crippen LogP contribution < -0.4 is 19.5 Å². The number of nitrogens with zero attached hydrogens (tertiary/aromatic N) is 1. The minimum atomic E-state index is -0.245. The van der Waals surface area contributed by atoms with Crippen LogP contribution in [0.2, 0.25) is 0 Å². The van der Waals surface area contributed by atoms with Crippen molar-refractivity contribution in [2.45, 2.75) is 6.10 Å². The Labute approximate surface area is 120 Å². The molecular weight excluding hydrogens is 272 g/mol. The average Bonchev–Trinajstić information content (AvgIpc) is 2.53. The molecule has 0 spiro atoms. The van der Waals surface area contributed by atoms with E-state index in [4.69, 9.17) is 14.2 Å². The van der Waals surface area contributed by atoms with Crippen LogP contribution in [0.15, 0.2) is 36.7 Å². The first-order valence-corrected chi connectivity index (χ1v) is 6.60. The number of benzene rings is 1. The predicted octanol–water partition coefficient (Wildman–Crippen LogP) is 1.92. The number of aromatic nitrogens is 1. The molecule has 1 aromatic heterocycles. The van der Waals surface area contributed by atoms with Crippen LogP contribution in [0.5, 0.6) is 17.2 Å². The molecule has 0 saturated carbocycles. The minimum Gasteiger partial charge on any atom is -0.485 e. The van der Waals surface area contributed by atoms with Gasteiger partial charge in [0.25, 0.3) is 5.91 Å².